The summed E-state index contributed by atoms with van der Waals surface area (Å²) in [7, 11) is 0. The minimum absolute atomic E-state index is 0.537. The summed E-state index contributed by atoms with van der Waals surface area (Å²) in [6.45, 7) is 4.09. The summed E-state index contributed by atoms with van der Waals surface area (Å²) in [4.78, 5) is 15.5. The van der Waals surface area contributed by atoms with Crippen molar-refractivity contribution >= 4 is 32.7 Å². The average molecular weight is 708 g/mol. The lowest BCUT2D eigenvalue weighted by atomic mass is 9.99. The van der Waals surface area contributed by atoms with E-state index in [4.69, 9.17) is 24.1 Å². The van der Waals surface area contributed by atoms with E-state index in [2.05, 4.69) is 128 Å². The van der Waals surface area contributed by atoms with Crippen LogP contribution in [0, 0.1) is 0 Å². The summed E-state index contributed by atoms with van der Waals surface area (Å²) in [5.74, 6) is 2.93. The van der Waals surface area contributed by atoms with Crippen molar-refractivity contribution in [2.45, 2.75) is 6.42 Å². The Hall–Kier alpha value is -7.37. The number of hydrogen-bond donors (Lipinski definition) is 0. The molecule has 0 bridgehead atoms. The zero-order valence-electron chi connectivity index (χ0n) is 29.8. The molecule has 2 aromatic heterocycles. The molecule has 0 N–H and O–H groups in total. The molecule has 1 aliphatic rings. The third-order valence-electron chi connectivity index (χ3n) is 10.1. The molecule has 5 heteroatoms. The van der Waals surface area contributed by atoms with E-state index in [1.165, 1.54) is 10.8 Å². The molecule has 7 aromatic carbocycles. The number of rotatable bonds is 5. The Bertz CT molecular complexity index is 3010. The maximum atomic E-state index is 6.50. The molecule has 0 saturated heterocycles. The van der Waals surface area contributed by atoms with Gasteiger partial charge in [-0.3, -0.25) is 0 Å². The number of hydrogen-bond acceptors (Lipinski definition) is 5. The second-order valence-corrected chi connectivity index (χ2v) is 13.7. The van der Waals surface area contributed by atoms with Gasteiger partial charge in [0.15, 0.2) is 17.5 Å². The number of allylic oxidation sites excluding steroid dienone is 4. The Labute approximate surface area is 318 Å². The van der Waals surface area contributed by atoms with Crippen molar-refractivity contribution in [1.29, 1.82) is 0 Å². The van der Waals surface area contributed by atoms with Crippen LogP contribution in [0.15, 0.2) is 193 Å². The number of nitrogens with zero attached hydrogens (tertiary/aromatic N) is 3. The molecule has 0 aliphatic carbocycles. The first kappa shape index (κ1) is 32.3. The van der Waals surface area contributed by atoms with Gasteiger partial charge in [-0.05, 0) is 87.5 Å². The van der Waals surface area contributed by atoms with Gasteiger partial charge in [0, 0.05) is 27.5 Å². The summed E-state index contributed by atoms with van der Waals surface area (Å²) in [5.41, 5.74) is 9.61. The fourth-order valence-electron chi connectivity index (χ4n) is 7.35. The topological polar surface area (TPSA) is 61.0 Å². The van der Waals surface area contributed by atoms with E-state index in [-0.39, 0.29) is 0 Å². The number of aromatic nitrogens is 3. The summed E-state index contributed by atoms with van der Waals surface area (Å²) in [6, 6.07) is 52.3. The second kappa shape index (κ2) is 13.6. The number of fused-ring (bicyclic) bond motifs is 5. The van der Waals surface area contributed by atoms with Crippen LogP contribution in [0.3, 0.4) is 0 Å². The van der Waals surface area contributed by atoms with Gasteiger partial charge in [-0.2, -0.15) is 0 Å². The molecule has 0 spiro atoms. The maximum Gasteiger partial charge on any atom is 0.164 e. The van der Waals surface area contributed by atoms with Crippen LogP contribution in [0.25, 0.3) is 89.1 Å². The Balaban J connectivity index is 1.15. The van der Waals surface area contributed by atoms with Crippen molar-refractivity contribution in [1.82, 2.24) is 15.0 Å². The first-order valence-corrected chi connectivity index (χ1v) is 18.3. The van der Waals surface area contributed by atoms with E-state index >= 15 is 0 Å². The van der Waals surface area contributed by atoms with Crippen molar-refractivity contribution < 1.29 is 9.15 Å². The van der Waals surface area contributed by atoms with Gasteiger partial charge < -0.3 is 9.15 Å². The van der Waals surface area contributed by atoms with Gasteiger partial charge in [-0.1, -0.05) is 140 Å². The molecular formula is C50H33N3O2. The van der Waals surface area contributed by atoms with E-state index in [1.54, 1.807) is 0 Å². The van der Waals surface area contributed by atoms with Crippen LogP contribution in [0.4, 0.5) is 0 Å². The van der Waals surface area contributed by atoms with Crippen molar-refractivity contribution in [3.8, 4) is 62.2 Å². The maximum absolute atomic E-state index is 6.50. The zero-order valence-corrected chi connectivity index (χ0v) is 29.8. The second-order valence-electron chi connectivity index (χ2n) is 13.7. The quantitative estimate of drug-likeness (QED) is 0.178. The van der Waals surface area contributed by atoms with Crippen LogP contribution in [-0.2, 0) is 6.42 Å². The summed E-state index contributed by atoms with van der Waals surface area (Å²) < 4.78 is 12.7. The van der Waals surface area contributed by atoms with Gasteiger partial charge in [0.1, 0.15) is 22.7 Å². The third-order valence-corrected chi connectivity index (χ3v) is 10.1. The largest absolute Gasteiger partial charge is 0.458 e. The molecule has 260 valence electrons. The first-order valence-electron chi connectivity index (χ1n) is 18.3. The number of ether oxygens (including phenoxy) is 1. The molecule has 0 fully saturated rings. The molecule has 10 rings (SSSR count). The summed E-state index contributed by atoms with van der Waals surface area (Å²) in [6.07, 6.45) is 8.64. The highest BCUT2D eigenvalue weighted by Gasteiger charge is 2.19. The molecule has 3 heterocycles. The van der Waals surface area contributed by atoms with Gasteiger partial charge in [-0.25, -0.2) is 15.0 Å². The molecule has 5 nitrogen and oxygen atoms in total. The van der Waals surface area contributed by atoms with Crippen LogP contribution in [0.2, 0.25) is 0 Å². The van der Waals surface area contributed by atoms with Gasteiger partial charge in [0.25, 0.3) is 0 Å². The summed E-state index contributed by atoms with van der Waals surface area (Å²) in [5, 5.41) is 4.35. The van der Waals surface area contributed by atoms with Crippen molar-refractivity contribution in [2.24, 2.45) is 0 Å². The highest BCUT2D eigenvalue weighted by molar-refractivity contribution is 6.12. The minimum atomic E-state index is 0.537. The van der Waals surface area contributed by atoms with Crippen molar-refractivity contribution in [2.75, 3.05) is 0 Å². The highest BCUT2D eigenvalue weighted by Crippen LogP contribution is 2.39. The lowest BCUT2D eigenvalue weighted by molar-refractivity contribution is 0.443. The Morgan fingerprint density at radius 1 is 0.491 bits per heavy atom. The Morgan fingerprint density at radius 2 is 1.18 bits per heavy atom. The number of benzene rings is 7. The lowest BCUT2D eigenvalue weighted by Gasteiger charge is -2.13. The molecule has 0 unspecified atom stereocenters. The molecule has 55 heavy (non-hydrogen) atoms. The van der Waals surface area contributed by atoms with Gasteiger partial charge in [0.05, 0.1) is 0 Å². The highest BCUT2D eigenvalue weighted by atomic mass is 16.5. The van der Waals surface area contributed by atoms with Gasteiger partial charge in [0.2, 0.25) is 0 Å². The fourth-order valence-corrected chi connectivity index (χ4v) is 7.35. The standard InChI is InChI=1S/C50H33N3O2/c1-32-12-4-2-7-16-35-23-25-41(31-45(35)54-32)49-51-48(40-19-10-18-37(29-40)38-24-22-34-15-8-9-17-36(34)28-38)52-50(53-49)43-20-11-21-44-47(43)42-27-26-39(30-46(42)55-44)33-13-5-3-6-14-33/h2-15,17-31H,1,16H2/b7-2-,12-4-. The predicted octanol–water partition coefficient (Wildman–Crippen LogP) is 12.8. The zero-order chi connectivity index (χ0) is 36.7. The molecule has 1 aliphatic heterocycles. The third kappa shape index (κ3) is 6.18. The van der Waals surface area contributed by atoms with Crippen molar-refractivity contribution in [3.05, 3.63) is 194 Å². The number of furan rings is 1. The van der Waals surface area contributed by atoms with E-state index in [0.717, 1.165) is 78.6 Å². The molecule has 0 amide bonds. The van der Waals surface area contributed by atoms with Crippen LogP contribution in [-0.4, -0.2) is 15.0 Å². The summed E-state index contributed by atoms with van der Waals surface area (Å²) >= 11 is 0. The van der Waals surface area contributed by atoms with Gasteiger partial charge >= 0.3 is 0 Å². The van der Waals surface area contributed by atoms with E-state index in [0.29, 0.717) is 23.2 Å². The SMILES string of the molecule is C=C1/C=C\C=C/Cc2ccc(-c3nc(-c4cccc(-c5ccc6ccccc6c5)c4)nc(-c4cccc5oc6cc(-c7ccccc7)ccc6c45)n3)cc2O1. The minimum Gasteiger partial charge on any atom is -0.458 e. The predicted molar refractivity (Wildman–Crippen MR) is 224 cm³/mol. The smallest absolute Gasteiger partial charge is 0.164 e. The van der Waals surface area contributed by atoms with Crippen LogP contribution in [0.1, 0.15) is 5.56 Å². The molecule has 0 atom stereocenters. The molecule has 9 aromatic rings. The van der Waals surface area contributed by atoms with E-state index in [1.807, 2.05) is 54.6 Å². The van der Waals surface area contributed by atoms with E-state index in [9.17, 15) is 0 Å². The van der Waals surface area contributed by atoms with Crippen LogP contribution < -0.4 is 4.74 Å². The Morgan fingerprint density at radius 3 is 2.07 bits per heavy atom. The fraction of sp³-hybridized carbons (Fsp3) is 0.0200. The molecule has 0 radical (unpaired) electrons. The van der Waals surface area contributed by atoms with Crippen LogP contribution >= 0.6 is 0 Å². The van der Waals surface area contributed by atoms with Crippen LogP contribution in [0.5, 0.6) is 5.75 Å². The van der Waals surface area contributed by atoms with Gasteiger partial charge in [-0.15, -0.1) is 0 Å². The van der Waals surface area contributed by atoms with Crippen molar-refractivity contribution in [3.63, 3.8) is 0 Å². The first-order chi connectivity index (χ1) is 27.1. The molecular weight excluding hydrogens is 675 g/mol. The molecule has 0 saturated carbocycles. The monoisotopic (exact) mass is 707 g/mol. The normalized spacial score (nSPS) is 13.9. The Kier molecular flexibility index (Phi) is 7.96. The average Bonchev–Trinajstić information content (AvgIpc) is 3.65. The van der Waals surface area contributed by atoms with E-state index < -0.39 is 0 Å². The lowest BCUT2D eigenvalue weighted by Crippen LogP contribution is -2.01.